The highest BCUT2D eigenvalue weighted by Crippen LogP contribution is 2.08. The largest absolute Gasteiger partial charge is 0.317 e. The van der Waals surface area contributed by atoms with Crippen molar-refractivity contribution in [3.8, 4) is 0 Å². The molecular weight excluding hydrogens is 145 g/mol. The van der Waals surface area contributed by atoms with E-state index >= 15 is 0 Å². The van der Waals surface area contributed by atoms with Crippen molar-refractivity contribution in [3.05, 3.63) is 0 Å². The van der Waals surface area contributed by atoms with E-state index in [2.05, 4.69) is 5.32 Å². The molecule has 8 heavy (non-hydrogen) atoms. The topological polar surface area (TPSA) is 12.0 Å². The van der Waals surface area contributed by atoms with Crippen LogP contribution in [-0.2, 0) is 0 Å². The normalized spacial score (nSPS) is 22.1. The van der Waals surface area contributed by atoms with Crippen LogP contribution in [0.1, 0.15) is 12.8 Å². The Morgan fingerprint density at radius 2 is 1.75 bits per heavy atom. The Kier molecular flexibility index (Phi) is 4.72. The Morgan fingerprint density at radius 3 is 2.00 bits per heavy atom. The van der Waals surface area contributed by atoms with Gasteiger partial charge in [0.1, 0.15) is 0 Å². The van der Waals surface area contributed by atoms with Crippen LogP contribution in [0.3, 0.4) is 0 Å². The van der Waals surface area contributed by atoms with Crippen molar-refractivity contribution < 1.29 is 0 Å². The third-order valence-electron chi connectivity index (χ3n) is 1.27. The number of nitrogens with one attached hydrogen (secondary N) is 1. The summed E-state index contributed by atoms with van der Waals surface area (Å²) in [6, 6.07) is 0. The van der Waals surface area contributed by atoms with Crippen molar-refractivity contribution in [3.63, 3.8) is 0 Å². The first kappa shape index (κ1) is 8.54. The van der Waals surface area contributed by atoms with E-state index < -0.39 is 0 Å². The Balaban J connectivity index is 0.000000490. The predicted octanol–water partition coefficient (Wildman–Crippen LogP) is 1.40. The molecule has 1 rings (SSSR count). The number of hydrogen-bond acceptors (Lipinski definition) is 1. The third kappa shape index (κ3) is 2.75. The minimum atomic E-state index is 0. The molecule has 50 valence electrons. The van der Waals surface area contributed by atoms with Gasteiger partial charge in [0.05, 0.1) is 0 Å². The molecule has 1 nitrogen and oxygen atoms in total. The van der Waals surface area contributed by atoms with Gasteiger partial charge in [-0.3, -0.25) is 0 Å². The van der Waals surface area contributed by atoms with Crippen LogP contribution >= 0.6 is 24.0 Å². The number of piperidine rings is 1. The summed E-state index contributed by atoms with van der Waals surface area (Å²) in [6.45, 7) is 2.21. The highest BCUT2D eigenvalue weighted by atomic mass is 35.5. The van der Waals surface area contributed by atoms with Crippen LogP contribution in [0.2, 0.25) is 0 Å². The Hall–Kier alpha value is 0.540. The smallest absolute Gasteiger partial charge is 0.0360 e. The van der Waals surface area contributed by atoms with Gasteiger partial charge in [0.2, 0.25) is 0 Å². The molecule has 1 fully saturated rings. The van der Waals surface area contributed by atoms with E-state index in [0.717, 1.165) is 25.9 Å². The summed E-state index contributed by atoms with van der Waals surface area (Å²) in [5.74, 6) is 0. The Morgan fingerprint density at radius 1 is 1.25 bits per heavy atom. The van der Waals surface area contributed by atoms with Crippen LogP contribution in [0.15, 0.2) is 0 Å². The molecule has 3 heteroatoms. The molecule has 1 N–H and O–H groups in total. The van der Waals surface area contributed by atoms with Gasteiger partial charge in [-0.1, -0.05) is 0 Å². The molecule has 1 aliphatic heterocycles. The maximum atomic E-state index is 5.78. The lowest BCUT2D eigenvalue weighted by molar-refractivity contribution is 0.526. The molecule has 0 aromatic heterocycles. The first-order valence-corrected chi connectivity index (χ1v) is 3.18. The van der Waals surface area contributed by atoms with Gasteiger partial charge in [-0.05, 0) is 25.9 Å². The maximum Gasteiger partial charge on any atom is 0.0360 e. The molecule has 0 radical (unpaired) electrons. The molecule has 0 amide bonds. The molecule has 1 heterocycles. The fraction of sp³-hybridized carbons (Fsp3) is 1.00. The van der Waals surface area contributed by atoms with Crippen LogP contribution in [0, 0.1) is 0 Å². The summed E-state index contributed by atoms with van der Waals surface area (Å²) in [7, 11) is 0. The maximum absolute atomic E-state index is 5.78. The first-order valence-electron chi connectivity index (χ1n) is 2.74. The number of alkyl halides is 1. The van der Waals surface area contributed by atoms with Gasteiger partial charge in [0.15, 0.2) is 0 Å². The quantitative estimate of drug-likeness (QED) is 0.522. The molecule has 0 saturated carbocycles. The van der Waals surface area contributed by atoms with Crippen molar-refractivity contribution >= 4 is 24.0 Å². The van der Waals surface area contributed by atoms with Crippen LogP contribution < -0.4 is 5.32 Å². The average Bonchev–Trinajstić information content (AvgIpc) is 1.69. The van der Waals surface area contributed by atoms with Gasteiger partial charge >= 0.3 is 0 Å². The number of rotatable bonds is 0. The second kappa shape index (κ2) is 4.42. The molecule has 0 aromatic carbocycles. The van der Waals surface area contributed by atoms with E-state index in [4.69, 9.17) is 11.6 Å². The highest BCUT2D eigenvalue weighted by Gasteiger charge is 2.07. The van der Waals surface area contributed by atoms with Crippen molar-refractivity contribution in [2.45, 2.75) is 18.2 Å². The number of halogens is 2. The lowest BCUT2D eigenvalue weighted by Gasteiger charge is -2.15. The average molecular weight is 156 g/mol. The molecule has 0 spiro atoms. The first-order chi connectivity index (χ1) is 3.39. The molecule has 1 aliphatic rings. The third-order valence-corrected chi connectivity index (χ3v) is 1.71. The van der Waals surface area contributed by atoms with Gasteiger partial charge in [-0.2, -0.15) is 0 Å². The van der Waals surface area contributed by atoms with Gasteiger partial charge in [-0.15, -0.1) is 24.0 Å². The zero-order chi connectivity index (χ0) is 5.11. The van der Waals surface area contributed by atoms with Crippen molar-refractivity contribution in [2.24, 2.45) is 0 Å². The summed E-state index contributed by atoms with van der Waals surface area (Å²) in [5, 5.41) is 3.68. The Bertz CT molecular complexity index is 52.4. The van der Waals surface area contributed by atoms with Crippen LogP contribution in [0.25, 0.3) is 0 Å². The lowest BCUT2D eigenvalue weighted by Crippen LogP contribution is -2.27. The summed E-state index contributed by atoms with van der Waals surface area (Å²) in [6.07, 6.45) is 2.28. The van der Waals surface area contributed by atoms with Gasteiger partial charge < -0.3 is 5.32 Å². The van der Waals surface area contributed by atoms with E-state index in [1.165, 1.54) is 0 Å². The second-order valence-corrected chi connectivity index (χ2v) is 2.54. The molecule has 0 bridgehead atoms. The molecule has 0 unspecified atom stereocenters. The van der Waals surface area contributed by atoms with E-state index in [1.807, 2.05) is 0 Å². The second-order valence-electron chi connectivity index (χ2n) is 1.92. The lowest BCUT2D eigenvalue weighted by atomic mass is 10.2. The molecule has 0 aromatic rings. The van der Waals surface area contributed by atoms with Gasteiger partial charge in [-0.25, -0.2) is 0 Å². The van der Waals surface area contributed by atoms with Crippen LogP contribution in [0.5, 0.6) is 0 Å². The predicted molar refractivity (Wildman–Crippen MR) is 39.0 cm³/mol. The van der Waals surface area contributed by atoms with E-state index in [9.17, 15) is 0 Å². The van der Waals surface area contributed by atoms with Gasteiger partial charge in [0, 0.05) is 5.38 Å². The van der Waals surface area contributed by atoms with Crippen molar-refractivity contribution in [1.82, 2.24) is 5.32 Å². The fourth-order valence-electron chi connectivity index (χ4n) is 0.787. The summed E-state index contributed by atoms with van der Waals surface area (Å²) < 4.78 is 0. The minimum Gasteiger partial charge on any atom is -0.317 e. The molecule has 0 atom stereocenters. The molecular formula is C5H11Cl2N. The standard InChI is InChI=1S/C5H10ClN.ClH/c6-5-1-3-7-4-2-5;/h5,7H,1-4H2;1H. The van der Waals surface area contributed by atoms with Gasteiger partial charge in [0.25, 0.3) is 0 Å². The van der Waals surface area contributed by atoms with E-state index in [-0.39, 0.29) is 12.4 Å². The monoisotopic (exact) mass is 155 g/mol. The summed E-state index contributed by atoms with van der Waals surface area (Å²) >= 11 is 5.78. The molecule has 0 aliphatic carbocycles. The van der Waals surface area contributed by atoms with Crippen LogP contribution in [0.4, 0.5) is 0 Å². The van der Waals surface area contributed by atoms with Crippen molar-refractivity contribution in [2.75, 3.05) is 13.1 Å². The van der Waals surface area contributed by atoms with Crippen molar-refractivity contribution in [1.29, 1.82) is 0 Å². The van der Waals surface area contributed by atoms with E-state index in [1.54, 1.807) is 0 Å². The fourth-order valence-corrected chi connectivity index (χ4v) is 1.00. The summed E-state index contributed by atoms with van der Waals surface area (Å²) in [4.78, 5) is 0. The summed E-state index contributed by atoms with van der Waals surface area (Å²) in [5.41, 5.74) is 0. The Labute approximate surface area is 61.2 Å². The van der Waals surface area contributed by atoms with Crippen LogP contribution in [-0.4, -0.2) is 18.5 Å². The minimum absolute atomic E-state index is 0. The zero-order valence-electron chi connectivity index (χ0n) is 4.69. The highest BCUT2D eigenvalue weighted by molar-refractivity contribution is 6.20. The zero-order valence-corrected chi connectivity index (χ0v) is 6.26. The van der Waals surface area contributed by atoms with E-state index in [0.29, 0.717) is 5.38 Å². The molecule has 1 saturated heterocycles. The SMILES string of the molecule is Cl.ClC1CCNCC1. The number of hydrogen-bond donors (Lipinski definition) is 1.